The van der Waals surface area contributed by atoms with Gasteiger partial charge in [-0.05, 0) is 50.8 Å². The Morgan fingerprint density at radius 2 is 1.53 bits per heavy atom. The fourth-order valence-corrected chi connectivity index (χ4v) is 3.77. The Morgan fingerprint density at radius 1 is 0.844 bits per heavy atom. The fraction of sp³-hybridized carbons (Fsp3) is 0.222. The summed E-state index contributed by atoms with van der Waals surface area (Å²) in [4.78, 5) is 2.09. The number of hydrogen-bond donors (Lipinski definition) is 0. The number of aryl methyl sites for hydroxylation is 1. The lowest BCUT2D eigenvalue weighted by Crippen LogP contribution is -2.19. The lowest BCUT2D eigenvalue weighted by atomic mass is 9.98. The third-order valence-corrected chi connectivity index (χ3v) is 5.36. The summed E-state index contributed by atoms with van der Waals surface area (Å²) in [6.45, 7) is 3.49. The maximum absolute atomic E-state index is 5.96. The van der Waals surface area contributed by atoms with Crippen LogP contribution in [0, 0.1) is 6.92 Å². The number of ether oxygens (including phenoxy) is 2. The summed E-state index contributed by atoms with van der Waals surface area (Å²) < 4.78 is 13.7. The van der Waals surface area contributed by atoms with Crippen LogP contribution in [0.1, 0.15) is 5.69 Å². The van der Waals surface area contributed by atoms with Gasteiger partial charge in [0.15, 0.2) is 11.5 Å². The summed E-state index contributed by atoms with van der Waals surface area (Å²) in [5.74, 6) is 1.46. The van der Waals surface area contributed by atoms with Crippen molar-refractivity contribution in [2.45, 2.75) is 6.92 Å². The van der Waals surface area contributed by atoms with Gasteiger partial charge in [-0.3, -0.25) is 0 Å². The Balaban J connectivity index is 1.82. The van der Waals surface area contributed by atoms with Crippen LogP contribution in [0.4, 0.5) is 0 Å². The number of nitrogens with zero attached hydrogens (tertiary/aromatic N) is 3. The van der Waals surface area contributed by atoms with E-state index in [1.165, 1.54) is 0 Å². The summed E-state index contributed by atoms with van der Waals surface area (Å²) in [6, 6.07) is 26.7. The smallest absolute Gasteiger partial charge is 0.161 e. The molecular weight excluding hydrogens is 398 g/mol. The van der Waals surface area contributed by atoms with E-state index >= 15 is 0 Å². The van der Waals surface area contributed by atoms with Gasteiger partial charge in [-0.2, -0.15) is 5.10 Å². The van der Waals surface area contributed by atoms with E-state index in [9.17, 15) is 0 Å². The molecule has 1 aromatic heterocycles. The molecule has 0 fully saturated rings. The highest BCUT2D eigenvalue weighted by molar-refractivity contribution is 5.85. The van der Waals surface area contributed by atoms with Crippen molar-refractivity contribution in [2.75, 3.05) is 34.4 Å². The molecule has 0 saturated heterocycles. The van der Waals surface area contributed by atoms with Gasteiger partial charge in [0.05, 0.1) is 24.2 Å². The van der Waals surface area contributed by atoms with Gasteiger partial charge in [-0.25, -0.2) is 4.68 Å². The molecule has 3 aromatic carbocycles. The van der Waals surface area contributed by atoms with Crippen molar-refractivity contribution in [1.82, 2.24) is 14.7 Å². The van der Waals surface area contributed by atoms with Crippen LogP contribution in [-0.4, -0.2) is 49.0 Å². The first-order chi connectivity index (χ1) is 15.6. The monoisotopic (exact) mass is 427 g/mol. The first kappa shape index (κ1) is 21.7. The van der Waals surface area contributed by atoms with Crippen LogP contribution < -0.4 is 9.47 Å². The first-order valence-corrected chi connectivity index (χ1v) is 10.7. The average Bonchev–Trinajstić information content (AvgIpc) is 3.17. The van der Waals surface area contributed by atoms with E-state index in [-0.39, 0.29) is 0 Å². The minimum atomic E-state index is 0.600. The van der Waals surface area contributed by atoms with Crippen LogP contribution in [-0.2, 0) is 0 Å². The van der Waals surface area contributed by atoms with Crippen LogP contribution in [0.5, 0.6) is 11.5 Å². The molecule has 164 valence electrons. The summed E-state index contributed by atoms with van der Waals surface area (Å²) in [6.07, 6.45) is 0. The molecule has 5 nitrogen and oxygen atoms in total. The highest BCUT2D eigenvalue weighted by atomic mass is 16.5. The average molecular weight is 428 g/mol. The van der Waals surface area contributed by atoms with Crippen molar-refractivity contribution in [3.63, 3.8) is 0 Å². The quantitative estimate of drug-likeness (QED) is 0.374. The topological polar surface area (TPSA) is 39.5 Å². The zero-order chi connectivity index (χ0) is 22.5. The molecule has 0 aliphatic rings. The number of aromatic nitrogens is 2. The summed E-state index contributed by atoms with van der Waals surface area (Å²) in [7, 11) is 5.74. The van der Waals surface area contributed by atoms with Crippen molar-refractivity contribution >= 4 is 0 Å². The predicted octanol–water partition coefficient (Wildman–Crippen LogP) is 5.46. The van der Waals surface area contributed by atoms with E-state index in [1.54, 1.807) is 7.11 Å². The largest absolute Gasteiger partial charge is 0.493 e. The maximum atomic E-state index is 5.96. The van der Waals surface area contributed by atoms with Gasteiger partial charge in [-0.15, -0.1) is 0 Å². The van der Waals surface area contributed by atoms with Crippen molar-refractivity contribution in [1.29, 1.82) is 0 Å². The molecule has 1 heterocycles. The lowest BCUT2D eigenvalue weighted by molar-refractivity contribution is 0.251. The van der Waals surface area contributed by atoms with E-state index in [0.29, 0.717) is 12.4 Å². The van der Waals surface area contributed by atoms with Crippen molar-refractivity contribution in [2.24, 2.45) is 0 Å². The van der Waals surface area contributed by atoms with Crippen molar-refractivity contribution in [3.05, 3.63) is 84.6 Å². The second kappa shape index (κ2) is 9.71. The number of hydrogen-bond acceptors (Lipinski definition) is 4. The number of benzene rings is 3. The molecule has 4 rings (SSSR count). The summed E-state index contributed by atoms with van der Waals surface area (Å²) in [5, 5.41) is 4.92. The SMILES string of the molecule is COc1cc(-c2c(C)nn(-c3ccccc3)c2-c2ccccc2)ccc1OCCN(C)C. The summed E-state index contributed by atoms with van der Waals surface area (Å²) >= 11 is 0. The summed E-state index contributed by atoms with van der Waals surface area (Å²) in [5.41, 5.74) is 6.26. The molecule has 0 aliphatic carbocycles. The molecule has 32 heavy (non-hydrogen) atoms. The van der Waals surface area contributed by atoms with E-state index in [2.05, 4.69) is 54.3 Å². The minimum absolute atomic E-state index is 0.600. The van der Waals surface area contributed by atoms with Crippen LogP contribution >= 0.6 is 0 Å². The molecule has 0 radical (unpaired) electrons. The maximum Gasteiger partial charge on any atom is 0.161 e. The van der Waals surface area contributed by atoms with Gasteiger partial charge in [0, 0.05) is 17.7 Å². The molecular formula is C27H29N3O2. The van der Waals surface area contributed by atoms with Gasteiger partial charge in [0.2, 0.25) is 0 Å². The zero-order valence-corrected chi connectivity index (χ0v) is 19.1. The molecule has 0 unspecified atom stereocenters. The molecule has 5 heteroatoms. The van der Waals surface area contributed by atoms with Gasteiger partial charge in [-0.1, -0.05) is 54.6 Å². The first-order valence-electron chi connectivity index (χ1n) is 10.7. The molecule has 0 saturated carbocycles. The van der Waals surface area contributed by atoms with Gasteiger partial charge in [0.1, 0.15) is 6.61 Å². The van der Waals surface area contributed by atoms with E-state index in [1.807, 2.05) is 55.2 Å². The molecule has 0 bridgehead atoms. The third kappa shape index (κ3) is 4.53. The van der Waals surface area contributed by atoms with E-state index in [4.69, 9.17) is 14.6 Å². The van der Waals surface area contributed by atoms with Crippen LogP contribution in [0.2, 0.25) is 0 Å². The van der Waals surface area contributed by atoms with Crippen molar-refractivity contribution in [3.8, 4) is 39.6 Å². The van der Waals surface area contributed by atoms with Gasteiger partial charge in [0.25, 0.3) is 0 Å². The highest BCUT2D eigenvalue weighted by Gasteiger charge is 2.21. The molecule has 4 aromatic rings. The Bertz CT molecular complexity index is 1170. The second-order valence-corrected chi connectivity index (χ2v) is 7.94. The van der Waals surface area contributed by atoms with Crippen LogP contribution in [0.25, 0.3) is 28.1 Å². The number of methoxy groups -OCH3 is 1. The predicted molar refractivity (Wildman–Crippen MR) is 130 cm³/mol. The van der Waals surface area contributed by atoms with Crippen molar-refractivity contribution < 1.29 is 9.47 Å². The lowest BCUT2D eigenvalue weighted by Gasteiger charge is -2.15. The third-order valence-electron chi connectivity index (χ3n) is 5.36. The molecule has 0 amide bonds. The van der Waals surface area contributed by atoms with E-state index in [0.717, 1.165) is 46.1 Å². The molecule has 0 atom stereocenters. The Labute approximate surface area is 189 Å². The Hall–Kier alpha value is -3.57. The Kier molecular flexibility index (Phi) is 6.57. The van der Waals surface area contributed by atoms with Crippen LogP contribution in [0.15, 0.2) is 78.9 Å². The number of rotatable bonds is 8. The minimum Gasteiger partial charge on any atom is -0.493 e. The normalized spacial score (nSPS) is 11.0. The molecule has 0 aliphatic heterocycles. The molecule has 0 N–H and O–H groups in total. The molecule has 0 spiro atoms. The standard InChI is InChI=1S/C27H29N3O2/c1-20-26(22-15-16-24(25(19-22)31-4)32-18-17-29(2)3)27(21-11-7-5-8-12-21)30(28-20)23-13-9-6-10-14-23/h5-16,19H,17-18H2,1-4H3. The van der Waals surface area contributed by atoms with Crippen LogP contribution in [0.3, 0.4) is 0 Å². The second-order valence-electron chi connectivity index (χ2n) is 7.94. The number of likely N-dealkylation sites (N-methyl/N-ethyl adjacent to an activating group) is 1. The van der Waals surface area contributed by atoms with Gasteiger partial charge < -0.3 is 14.4 Å². The highest BCUT2D eigenvalue weighted by Crippen LogP contribution is 2.40. The Morgan fingerprint density at radius 3 is 2.19 bits per heavy atom. The fourth-order valence-electron chi connectivity index (χ4n) is 3.77. The number of para-hydroxylation sites is 1. The van der Waals surface area contributed by atoms with Gasteiger partial charge >= 0.3 is 0 Å². The zero-order valence-electron chi connectivity index (χ0n) is 19.1. The van der Waals surface area contributed by atoms with E-state index < -0.39 is 0 Å².